The van der Waals surface area contributed by atoms with Crippen LogP contribution in [0, 0.1) is 12.7 Å². The summed E-state index contributed by atoms with van der Waals surface area (Å²) in [5, 5.41) is 0. The monoisotopic (exact) mass is 258 g/mol. The Morgan fingerprint density at radius 1 is 1.11 bits per heavy atom. The van der Waals surface area contributed by atoms with Crippen molar-refractivity contribution >= 4 is 11.4 Å². The summed E-state index contributed by atoms with van der Waals surface area (Å²) in [4.78, 5) is 1.96. The van der Waals surface area contributed by atoms with Crippen molar-refractivity contribution in [3.05, 3.63) is 59.4 Å². The smallest absolute Gasteiger partial charge is 0.146 e. The molecule has 3 heteroatoms. The first-order valence-corrected chi connectivity index (χ1v) is 6.49. The Bertz CT molecular complexity index is 566. The molecule has 0 atom stereocenters. The number of rotatable bonds is 4. The maximum atomic E-state index is 14.0. The van der Waals surface area contributed by atoms with Crippen LogP contribution in [0.5, 0.6) is 0 Å². The van der Waals surface area contributed by atoms with Crippen LogP contribution >= 0.6 is 0 Å². The van der Waals surface area contributed by atoms with E-state index in [2.05, 4.69) is 6.07 Å². The van der Waals surface area contributed by atoms with Crippen molar-refractivity contribution < 1.29 is 4.39 Å². The summed E-state index contributed by atoms with van der Waals surface area (Å²) in [6.07, 6.45) is 0. The molecule has 0 aromatic heterocycles. The molecule has 2 aromatic rings. The average molecular weight is 258 g/mol. The largest absolute Gasteiger partial charge is 0.339 e. The van der Waals surface area contributed by atoms with Crippen LogP contribution in [0.4, 0.5) is 15.8 Å². The molecular weight excluding hydrogens is 239 g/mol. The molecule has 0 heterocycles. The molecule has 0 bridgehead atoms. The maximum absolute atomic E-state index is 14.0. The third-order valence-corrected chi connectivity index (χ3v) is 3.21. The van der Waals surface area contributed by atoms with Crippen molar-refractivity contribution in [3.8, 4) is 0 Å². The van der Waals surface area contributed by atoms with Gasteiger partial charge in [-0.15, -0.1) is 0 Å². The summed E-state index contributed by atoms with van der Waals surface area (Å²) in [7, 11) is 0. The molecule has 0 aliphatic heterocycles. The van der Waals surface area contributed by atoms with Gasteiger partial charge in [0.15, 0.2) is 0 Å². The summed E-state index contributed by atoms with van der Waals surface area (Å²) in [5.74, 6) is -0.214. The van der Waals surface area contributed by atoms with E-state index in [4.69, 9.17) is 5.73 Å². The molecule has 2 aromatic carbocycles. The van der Waals surface area contributed by atoms with E-state index in [1.165, 1.54) is 6.07 Å². The highest BCUT2D eigenvalue weighted by atomic mass is 19.1. The molecule has 2 rings (SSSR count). The SMILES string of the molecule is CCN(c1ccccc1F)c1cc(C)ccc1CN. The standard InChI is InChI=1S/C16H19FN2/c1-3-19(15-7-5-4-6-14(15)17)16-10-12(2)8-9-13(16)11-18/h4-10H,3,11,18H2,1-2H3. The molecule has 0 aliphatic carbocycles. The number of hydrogen-bond donors (Lipinski definition) is 1. The number of para-hydroxylation sites is 1. The molecule has 0 unspecified atom stereocenters. The van der Waals surface area contributed by atoms with Gasteiger partial charge in [-0.05, 0) is 43.2 Å². The van der Waals surface area contributed by atoms with E-state index in [-0.39, 0.29) is 5.82 Å². The normalized spacial score (nSPS) is 10.5. The van der Waals surface area contributed by atoms with Gasteiger partial charge in [0.25, 0.3) is 0 Å². The van der Waals surface area contributed by atoms with E-state index in [9.17, 15) is 4.39 Å². The molecule has 0 amide bonds. The van der Waals surface area contributed by atoms with Crippen LogP contribution in [0.15, 0.2) is 42.5 Å². The zero-order valence-electron chi connectivity index (χ0n) is 11.4. The highest BCUT2D eigenvalue weighted by Gasteiger charge is 2.14. The number of nitrogens with two attached hydrogens (primary N) is 1. The number of benzene rings is 2. The van der Waals surface area contributed by atoms with Crippen LogP contribution in [-0.4, -0.2) is 6.54 Å². The molecule has 0 radical (unpaired) electrons. The topological polar surface area (TPSA) is 29.3 Å². The first-order valence-electron chi connectivity index (χ1n) is 6.49. The van der Waals surface area contributed by atoms with Crippen molar-refractivity contribution in [3.63, 3.8) is 0 Å². The van der Waals surface area contributed by atoms with Crippen LogP contribution < -0.4 is 10.6 Å². The average Bonchev–Trinajstić information content (AvgIpc) is 2.42. The Kier molecular flexibility index (Phi) is 4.17. The number of halogens is 1. The fourth-order valence-electron chi connectivity index (χ4n) is 2.24. The van der Waals surface area contributed by atoms with Gasteiger partial charge in [0, 0.05) is 18.8 Å². The molecule has 0 aliphatic rings. The maximum Gasteiger partial charge on any atom is 0.146 e. The number of aryl methyl sites for hydroxylation is 1. The minimum absolute atomic E-state index is 0.214. The van der Waals surface area contributed by atoms with Crippen LogP contribution in [0.1, 0.15) is 18.1 Å². The second-order valence-electron chi connectivity index (χ2n) is 4.53. The molecule has 0 spiro atoms. The van der Waals surface area contributed by atoms with Crippen LogP contribution in [0.2, 0.25) is 0 Å². The Morgan fingerprint density at radius 3 is 2.47 bits per heavy atom. The molecule has 0 saturated carbocycles. The lowest BCUT2D eigenvalue weighted by Gasteiger charge is -2.26. The Balaban J connectivity index is 2.54. The van der Waals surface area contributed by atoms with Crippen LogP contribution in [-0.2, 0) is 6.54 Å². The number of hydrogen-bond acceptors (Lipinski definition) is 2. The highest BCUT2D eigenvalue weighted by Crippen LogP contribution is 2.30. The van der Waals surface area contributed by atoms with Gasteiger partial charge in [0.2, 0.25) is 0 Å². The summed E-state index contributed by atoms with van der Waals surface area (Å²) >= 11 is 0. The summed E-state index contributed by atoms with van der Waals surface area (Å²) in [6.45, 7) is 5.17. The summed E-state index contributed by atoms with van der Waals surface area (Å²) < 4.78 is 14.0. The predicted molar refractivity (Wildman–Crippen MR) is 78.2 cm³/mol. The van der Waals surface area contributed by atoms with E-state index in [0.717, 1.165) is 16.8 Å². The lowest BCUT2D eigenvalue weighted by atomic mass is 10.1. The van der Waals surface area contributed by atoms with Crippen LogP contribution in [0.25, 0.3) is 0 Å². The molecule has 0 fully saturated rings. The second kappa shape index (κ2) is 5.85. The molecular formula is C16H19FN2. The highest BCUT2D eigenvalue weighted by molar-refractivity contribution is 5.67. The van der Waals surface area contributed by atoms with Gasteiger partial charge in [0.1, 0.15) is 5.82 Å². The van der Waals surface area contributed by atoms with Crippen molar-refractivity contribution in [2.24, 2.45) is 5.73 Å². The van der Waals surface area contributed by atoms with E-state index in [1.807, 2.05) is 36.9 Å². The Hall–Kier alpha value is -1.87. The summed E-state index contributed by atoms with van der Waals surface area (Å²) in [6, 6.07) is 12.9. The lowest BCUT2D eigenvalue weighted by molar-refractivity contribution is 0.625. The van der Waals surface area contributed by atoms with Gasteiger partial charge >= 0.3 is 0 Å². The van der Waals surface area contributed by atoms with Crippen molar-refractivity contribution in [1.29, 1.82) is 0 Å². The van der Waals surface area contributed by atoms with E-state index >= 15 is 0 Å². The molecule has 0 saturated heterocycles. The van der Waals surface area contributed by atoms with Gasteiger partial charge in [0.05, 0.1) is 5.69 Å². The third kappa shape index (κ3) is 2.76. The molecule has 100 valence electrons. The third-order valence-electron chi connectivity index (χ3n) is 3.21. The zero-order valence-corrected chi connectivity index (χ0v) is 11.4. The molecule has 2 nitrogen and oxygen atoms in total. The van der Waals surface area contributed by atoms with Gasteiger partial charge < -0.3 is 10.6 Å². The predicted octanol–water partition coefficient (Wildman–Crippen LogP) is 3.75. The Morgan fingerprint density at radius 2 is 1.84 bits per heavy atom. The van der Waals surface area contributed by atoms with E-state index < -0.39 is 0 Å². The van der Waals surface area contributed by atoms with Crippen LogP contribution in [0.3, 0.4) is 0 Å². The quantitative estimate of drug-likeness (QED) is 0.905. The Labute approximate surface area is 113 Å². The molecule has 19 heavy (non-hydrogen) atoms. The van der Waals surface area contributed by atoms with Gasteiger partial charge in [-0.2, -0.15) is 0 Å². The lowest BCUT2D eigenvalue weighted by Crippen LogP contribution is -2.20. The van der Waals surface area contributed by atoms with Gasteiger partial charge in [-0.1, -0.05) is 24.3 Å². The zero-order chi connectivity index (χ0) is 13.8. The van der Waals surface area contributed by atoms with Gasteiger partial charge in [-0.3, -0.25) is 0 Å². The first-order chi connectivity index (χ1) is 9.17. The first kappa shape index (κ1) is 13.6. The number of anilines is 2. The van der Waals surface area contributed by atoms with Crippen molar-refractivity contribution in [1.82, 2.24) is 0 Å². The van der Waals surface area contributed by atoms with E-state index in [1.54, 1.807) is 12.1 Å². The fraction of sp³-hybridized carbons (Fsp3) is 0.250. The minimum atomic E-state index is -0.214. The second-order valence-corrected chi connectivity index (χ2v) is 4.53. The number of nitrogens with zero attached hydrogens (tertiary/aromatic N) is 1. The molecule has 2 N–H and O–H groups in total. The van der Waals surface area contributed by atoms with E-state index in [0.29, 0.717) is 18.8 Å². The summed E-state index contributed by atoms with van der Waals surface area (Å²) in [5.41, 5.74) is 9.52. The minimum Gasteiger partial charge on any atom is -0.339 e. The van der Waals surface area contributed by atoms with Crippen molar-refractivity contribution in [2.45, 2.75) is 20.4 Å². The van der Waals surface area contributed by atoms with Crippen molar-refractivity contribution in [2.75, 3.05) is 11.4 Å². The fourth-order valence-corrected chi connectivity index (χ4v) is 2.24. The van der Waals surface area contributed by atoms with Gasteiger partial charge in [-0.25, -0.2) is 4.39 Å².